The number of hydrogen-bond acceptors (Lipinski definition) is 4. The number of nitrogen functional groups attached to an aromatic ring is 1. The van der Waals surface area contributed by atoms with Gasteiger partial charge >= 0.3 is 0 Å². The first-order valence-electron chi connectivity index (χ1n) is 3.18. The van der Waals surface area contributed by atoms with Crippen LogP contribution in [0, 0.1) is 0 Å². The van der Waals surface area contributed by atoms with E-state index in [0.717, 1.165) is 11.0 Å². The highest BCUT2D eigenvalue weighted by Crippen LogP contribution is 2.14. The molecule has 0 amide bonds. The third kappa shape index (κ3) is 1.81. The molecule has 0 radical (unpaired) electrons. The van der Waals surface area contributed by atoms with Gasteiger partial charge in [-0.1, -0.05) is 5.21 Å². The largest absolute Gasteiger partial charge is 0.396 e. The topological polar surface area (TPSA) is 69.6 Å². The van der Waals surface area contributed by atoms with Gasteiger partial charge in [0.2, 0.25) is 0 Å². The summed E-state index contributed by atoms with van der Waals surface area (Å²) in [6, 6.07) is 0. The summed E-state index contributed by atoms with van der Waals surface area (Å²) in [6.07, 6.45) is 3.23. The lowest BCUT2D eigenvalue weighted by Crippen LogP contribution is -1.94. The second-order valence-electron chi connectivity index (χ2n) is 2.31. The third-order valence-corrected chi connectivity index (χ3v) is 1.54. The zero-order valence-electron chi connectivity index (χ0n) is 6.84. The molecule has 7 heteroatoms. The molecule has 72 valence electrons. The normalized spacial score (nSPS) is 9.00. The molecule has 0 spiro atoms. The van der Waals surface area contributed by atoms with Crippen molar-refractivity contribution in [2.24, 2.45) is 7.05 Å². The van der Waals surface area contributed by atoms with Gasteiger partial charge in [0.15, 0.2) is 0 Å². The van der Waals surface area contributed by atoms with Crippen LogP contribution >= 0.6 is 24.8 Å². The summed E-state index contributed by atoms with van der Waals surface area (Å²) in [6.45, 7) is 0. The van der Waals surface area contributed by atoms with Crippen LogP contribution in [0.3, 0.4) is 0 Å². The van der Waals surface area contributed by atoms with Crippen molar-refractivity contribution in [2.75, 3.05) is 5.73 Å². The number of halogens is 2. The van der Waals surface area contributed by atoms with Crippen molar-refractivity contribution in [3.05, 3.63) is 12.4 Å². The Morgan fingerprint density at radius 1 is 1.31 bits per heavy atom. The molecule has 2 aromatic rings. The summed E-state index contributed by atoms with van der Waals surface area (Å²) in [5, 5.41) is 7.65. The van der Waals surface area contributed by atoms with Gasteiger partial charge in [-0.25, -0.2) is 4.68 Å². The zero-order chi connectivity index (χ0) is 7.84. The highest BCUT2D eigenvalue weighted by molar-refractivity contribution is 5.86. The van der Waals surface area contributed by atoms with Crippen LogP contribution in [0.5, 0.6) is 0 Å². The van der Waals surface area contributed by atoms with Crippen molar-refractivity contribution >= 4 is 41.5 Å². The van der Waals surface area contributed by atoms with Gasteiger partial charge in [0.1, 0.15) is 11.0 Å². The predicted octanol–water partition coefficient (Wildman–Crippen LogP) is 0.789. The van der Waals surface area contributed by atoms with E-state index < -0.39 is 0 Å². The van der Waals surface area contributed by atoms with Gasteiger partial charge in [0, 0.05) is 7.05 Å². The average molecular weight is 222 g/mol. The summed E-state index contributed by atoms with van der Waals surface area (Å²) >= 11 is 0. The van der Waals surface area contributed by atoms with Gasteiger partial charge in [-0.05, 0) is 0 Å². The Labute approximate surface area is 87.1 Å². The minimum atomic E-state index is 0. The van der Waals surface area contributed by atoms with E-state index in [1.165, 1.54) is 0 Å². The molecule has 0 saturated carbocycles. The van der Waals surface area contributed by atoms with Crippen molar-refractivity contribution < 1.29 is 0 Å². The molecule has 13 heavy (non-hydrogen) atoms. The average Bonchev–Trinajstić information content (AvgIpc) is 2.34. The van der Waals surface area contributed by atoms with Gasteiger partial charge in [-0.15, -0.1) is 29.9 Å². The molecule has 0 aromatic carbocycles. The van der Waals surface area contributed by atoms with Crippen LogP contribution in [-0.2, 0) is 7.05 Å². The maximum atomic E-state index is 5.64. The lowest BCUT2D eigenvalue weighted by molar-refractivity contribution is 0.737. The standard InChI is InChI=1S/C6H7N5.2ClH/c1-11-6-4(7)2-8-3-5(6)9-10-11;;/h2-3H,7H2,1H3;2*1H. The zero-order valence-corrected chi connectivity index (χ0v) is 8.47. The van der Waals surface area contributed by atoms with Gasteiger partial charge in [-0.3, -0.25) is 4.98 Å². The maximum absolute atomic E-state index is 5.64. The first-order chi connectivity index (χ1) is 5.29. The summed E-state index contributed by atoms with van der Waals surface area (Å²) in [5.74, 6) is 0. The van der Waals surface area contributed by atoms with E-state index in [1.54, 1.807) is 24.1 Å². The van der Waals surface area contributed by atoms with Crippen LogP contribution in [0.15, 0.2) is 12.4 Å². The molecular weight excluding hydrogens is 213 g/mol. The van der Waals surface area contributed by atoms with E-state index in [4.69, 9.17) is 5.73 Å². The minimum absolute atomic E-state index is 0. The molecule has 5 nitrogen and oxygen atoms in total. The fraction of sp³-hybridized carbons (Fsp3) is 0.167. The fourth-order valence-electron chi connectivity index (χ4n) is 1.04. The monoisotopic (exact) mass is 221 g/mol. The number of fused-ring (bicyclic) bond motifs is 1. The summed E-state index contributed by atoms with van der Waals surface area (Å²) in [4.78, 5) is 3.88. The van der Waals surface area contributed by atoms with Gasteiger partial charge in [-0.2, -0.15) is 0 Å². The second kappa shape index (κ2) is 4.25. The molecule has 0 atom stereocenters. The summed E-state index contributed by atoms with van der Waals surface area (Å²) in [7, 11) is 1.80. The molecular formula is C6H9Cl2N5. The van der Waals surface area contributed by atoms with E-state index >= 15 is 0 Å². The lowest BCUT2D eigenvalue weighted by Gasteiger charge is -1.94. The molecule has 0 saturated heterocycles. The van der Waals surface area contributed by atoms with E-state index in [0.29, 0.717) is 5.69 Å². The van der Waals surface area contributed by atoms with Gasteiger partial charge in [0.25, 0.3) is 0 Å². The first kappa shape index (κ1) is 11.9. The molecule has 0 aliphatic heterocycles. The number of pyridine rings is 1. The molecule has 2 N–H and O–H groups in total. The van der Waals surface area contributed by atoms with Crippen molar-refractivity contribution in [3.63, 3.8) is 0 Å². The third-order valence-electron chi connectivity index (χ3n) is 1.54. The second-order valence-corrected chi connectivity index (χ2v) is 2.31. The molecule has 0 bridgehead atoms. The Morgan fingerprint density at radius 2 is 2.00 bits per heavy atom. The Bertz CT molecular complexity index is 399. The van der Waals surface area contributed by atoms with Crippen molar-refractivity contribution in [1.29, 1.82) is 0 Å². The van der Waals surface area contributed by atoms with E-state index in [9.17, 15) is 0 Å². The Morgan fingerprint density at radius 3 is 2.62 bits per heavy atom. The SMILES string of the molecule is Cl.Cl.Cn1nnc2cncc(N)c21. The van der Waals surface area contributed by atoms with Crippen LogP contribution in [0.25, 0.3) is 11.0 Å². The first-order valence-corrected chi connectivity index (χ1v) is 3.18. The number of nitrogens with zero attached hydrogens (tertiary/aromatic N) is 4. The Kier molecular flexibility index (Phi) is 3.90. The van der Waals surface area contributed by atoms with Crippen molar-refractivity contribution in [2.45, 2.75) is 0 Å². The molecule has 2 aromatic heterocycles. The van der Waals surface area contributed by atoms with E-state index in [1.807, 2.05) is 0 Å². The summed E-state index contributed by atoms with van der Waals surface area (Å²) in [5.41, 5.74) is 7.81. The van der Waals surface area contributed by atoms with Crippen molar-refractivity contribution in [1.82, 2.24) is 20.0 Å². The van der Waals surface area contributed by atoms with Crippen LogP contribution in [0.1, 0.15) is 0 Å². The highest BCUT2D eigenvalue weighted by Gasteiger charge is 2.03. The number of hydrogen-bond donors (Lipinski definition) is 1. The lowest BCUT2D eigenvalue weighted by atomic mass is 10.3. The molecule has 2 heterocycles. The minimum Gasteiger partial charge on any atom is -0.396 e. The fourth-order valence-corrected chi connectivity index (χ4v) is 1.04. The predicted molar refractivity (Wildman–Crippen MR) is 55.2 cm³/mol. The van der Waals surface area contributed by atoms with Crippen molar-refractivity contribution in [3.8, 4) is 0 Å². The van der Waals surface area contributed by atoms with Gasteiger partial charge in [0.05, 0.1) is 18.1 Å². The molecule has 0 aliphatic rings. The number of anilines is 1. The van der Waals surface area contributed by atoms with Crippen LogP contribution < -0.4 is 5.73 Å². The van der Waals surface area contributed by atoms with Crippen LogP contribution in [0.4, 0.5) is 5.69 Å². The number of aryl methyl sites for hydroxylation is 1. The smallest absolute Gasteiger partial charge is 0.133 e. The van der Waals surface area contributed by atoms with Gasteiger partial charge < -0.3 is 5.73 Å². The quantitative estimate of drug-likeness (QED) is 0.715. The van der Waals surface area contributed by atoms with Crippen LogP contribution in [0.2, 0.25) is 0 Å². The highest BCUT2D eigenvalue weighted by atomic mass is 35.5. The molecule has 0 fully saturated rings. The molecule has 0 unspecified atom stereocenters. The Hall–Kier alpha value is -1.07. The van der Waals surface area contributed by atoms with E-state index in [2.05, 4.69) is 15.3 Å². The molecule has 2 rings (SSSR count). The summed E-state index contributed by atoms with van der Waals surface area (Å²) < 4.78 is 1.63. The van der Waals surface area contributed by atoms with Crippen LogP contribution in [-0.4, -0.2) is 20.0 Å². The number of rotatable bonds is 0. The Balaban J connectivity index is 0.000000720. The van der Waals surface area contributed by atoms with E-state index in [-0.39, 0.29) is 24.8 Å². The molecule has 0 aliphatic carbocycles. The number of nitrogens with two attached hydrogens (primary N) is 1. The maximum Gasteiger partial charge on any atom is 0.133 e. The number of aromatic nitrogens is 4.